The summed E-state index contributed by atoms with van der Waals surface area (Å²) in [7, 11) is 1.70. The van der Waals surface area contributed by atoms with Gasteiger partial charge in [-0.25, -0.2) is 0 Å². The Kier molecular flexibility index (Phi) is 5.38. The molecule has 0 aliphatic heterocycles. The molecule has 1 heterocycles. The predicted octanol–water partition coefficient (Wildman–Crippen LogP) is 3.24. The molecule has 20 heavy (non-hydrogen) atoms. The van der Waals surface area contributed by atoms with Gasteiger partial charge in [0, 0.05) is 19.7 Å². The van der Waals surface area contributed by atoms with E-state index in [0.29, 0.717) is 19.1 Å². The minimum Gasteiger partial charge on any atom is -0.478 e. The lowest BCUT2D eigenvalue weighted by Crippen LogP contribution is -2.03. The number of benzene rings is 1. The van der Waals surface area contributed by atoms with Crippen LogP contribution in [0.3, 0.4) is 0 Å². The third kappa shape index (κ3) is 4.24. The van der Waals surface area contributed by atoms with Crippen molar-refractivity contribution in [1.29, 1.82) is 0 Å². The molecule has 0 unspecified atom stereocenters. The summed E-state index contributed by atoms with van der Waals surface area (Å²) in [6.45, 7) is 3.92. The fourth-order valence-corrected chi connectivity index (χ4v) is 1.93. The van der Waals surface area contributed by atoms with E-state index in [1.54, 1.807) is 7.11 Å². The molecule has 0 bridgehead atoms. The number of anilines is 1. The highest BCUT2D eigenvalue weighted by atomic mass is 16.5. The monoisotopic (exact) mass is 272 g/mol. The normalized spacial score (nSPS) is 10.3. The molecular formula is C16H20N2O2. The van der Waals surface area contributed by atoms with Crippen LogP contribution in [0.15, 0.2) is 42.5 Å². The maximum absolute atomic E-state index is 5.38. The van der Waals surface area contributed by atoms with Gasteiger partial charge < -0.3 is 14.8 Å². The van der Waals surface area contributed by atoms with E-state index >= 15 is 0 Å². The van der Waals surface area contributed by atoms with Crippen LogP contribution >= 0.6 is 0 Å². The first kappa shape index (κ1) is 14.3. The molecule has 4 nitrogen and oxygen atoms in total. The Bertz CT molecular complexity index is 494. The zero-order valence-electron chi connectivity index (χ0n) is 11.9. The van der Waals surface area contributed by atoms with Crippen LogP contribution in [-0.2, 0) is 17.9 Å². The first-order valence-electron chi connectivity index (χ1n) is 6.72. The number of pyridine rings is 1. The quantitative estimate of drug-likeness (QED) is 0.840. The van der Waals surface area contributed by atoms with E-state index in [1.165, 1.54) is 11.1 Å². The lowest BCUT2D eigenvalue weighted by molar-refractivity contribution is 0.185. The molecule has 0 amide bonds. The highest BCUT2D eigenvalue weighted by Crippen LogP contribution is 2.13. The summed E-state index contributed by atoms with van der Waals surface area (Å²) in [5, 5.41) is 3.30. The Morgan fingerprint density at radius 2 is 1.90 bits per heavy atom. The molecule has 1 aromatic heterocycles. The van der Waals surface area contributed by atoms with E-state index < -0.39 is 0 Å². The fourth-order valence-electron chi connectivity index (χ4n) is 1.93. The van der Waals surface area contributed by atoms with E-state index in [0.717, 1.165) is 12.4 Å². The molecule has 0 saturated heterocycles. The highest BCUT2D eigenvalue weighted by Gasteiger charge is 1.99. The van der Waals surface area contributed by atoms with E-state index in [4.69, 9.17) is 9.47 Å². The van der Waals surface area contributed by atoms with E-state index in [2.05, 4.69) is 28.5 Å². The summed E-state index contributed by atoms with van der Waals surface area (Å²) >= 11 is 0. The van der Waals surface area contributed by atoms with Crippen molar-refractivity contribution in [3.63, 3.8) is 0 Å². The van der Waals surface area contributed by atoms with Gasteiger partial charge in [0.25, 0.3) is 0 Å². The first-order valence-corrected chi connectivity index (χ1v) is 6.72. The molecule has 0 aliphatic rings. The molecular weight excluding hydrogens is 252 g/mol. The van der Waals surface area contributed by atoms with Crippen molar-refractivity contribution in [2.24, 2.45) is 0 Å². The van der Waals surface area contributed by atoms with Crippen molar-refractivity contribution in [2.45, 2.75) is 20.1 Å². The predicted molar refractivity (Wildman–Crippen MR) is 79.9 cm³/mol. The Morgan fingerprint density at radius 1 is 1.10 bits per heavy atom. The molecule has 0 saturated carbocycles. The third-order valence-electron chi connectivity index (χ3n) is 2.79. The van der Waals surface area contributed by atoms with Crippen LogP contribution in [-0.4, -0.2) is 18.7 Å². The van der Waals surface area contributed by atoms with Gasteiger partial charge in [0.05, 0.1) is 13.2 Å². The van der Waals surface area contributed by atoms with Crippen molar-refractivity contribution >= 4 is 5.82 Å². The Hall–Kier alpha value is -2.07. The molecule has 1 N–H and O–H groups in total. The van der Waals surface area contributed by atoms with Crippen molar-refractivity contribution in [3.05, 3.63) is 53.6 Å². The van der Waals surface area contributed by atoms with Crippen LogP contribution in [0.1, 0.15) is 18.1 Å². The largest absolute Gasteiger partial charge is 0.478 e. The second-order valence-electron chi connectivity index (χ2n) is 4.40. The van der Waals surface area contributed by atoms with Gasteiger partial charge in [-0.3, -0.25) is 0 Å². The molecule has 0 atom stereocenters. The lowest BCUT2D eigenvalue weighted by Gasteiger charge is -2.09. The van der Waals surface area contributed by atoms with E-state index in [-0.39, 0.29) is 0 Å². The zero-order chi connectivity index (χ0) is 14.2. The summed E-state index contributed by atoms with van der Waals surface area (Å²) < 4.78 is 10.5. The van der Waals surface area contributed by atoms with Gasteiger partial charge >= 0.3 is 0 Å². The minimum absolute atomic E-state index is 0.621. The Morgan fingerprint density at radius 3 is 2.70 bits per heavy atom. The number of hydrogen-bond donors (Lipinski definition) is 1. The average molecular weight is 272 g/mol. The molecule has 4 heteroatoms. The van der Waals surface area contributed by atoms with Crippen LogP contribution in [0.5, 0.6) is 5.88 Å². The molecule has 0 spiro atoms. The van der Waals surface area contributed by atoms with E-state index in [1.807, 2.05) is 31.2 Å². The van der Waals surface area contributed by atoms with Gasteiger partial charge in [0.2, 0.25) is 5.88 Å². The standard InChI is InChI=1S/C16H20N2O2/c1-3-20-16-9-5-8-15(18-16)17-11-13-6-4-7-14(10-13)12-19-2/h4-10H,3,11-12H2,1-2H3,(H,17,18). The smallest absolute Gasteiger partial charge is 0.215 e. The lowest BCUT2D eigenvalue weighted by atomic mass is 10.1. The molecule has 0 fully saturated rings. The summed E-state index contributed by atoms with van der Waals surface area (Å²) in [5.74, 6) is 1.46. The van der Waals surface area contributed by atoms with Crippen molar-refractivity contribution in [3.8, 4) is 5.88 Å². The summed E-state index contributed by atoms with van der Waals surface area (Å²) in [6, 6.07) is 14.0. The number of methoxy groups -OCH3 is 1. The zero-order valence-corrected chi connectivity index (χ0v) is 11.9. The second-order valence-corrected chi connectivity index (χ2v) is 4.40. The van der Waals surface area contributed by atoms with Gasteiger partial charge in [-0.15, -0.1) is 0 Å². The number of aromatic nitrogens is 1. The van der Waals surface area contributed by atoms with Crippen LogP contribution in [0.2, 0.25) is 0 Å². The molecule has 0 radical (unpaired) electrons. The SMILES string of the molecule is CCOc1cccc(NCc2cccc(COC)c2)n1. The third-order valence-corrected chi connectivity index (χ3v) is 2.79. The minimum atomic E-state index is 0.621. The van der Waals surface area contributed by atoms with Crippen LogP contribution in [0, 0.1) is 0 Å². The number of ether oxygens (including phenoxy) is 2. The Balaban J connectivity index is 1.97. The highest BCUT2D eigenvalue weighted by molar-refractivity contribution is 5.38. The summed E-state index contributed by atoms with van der Waals surface area (Å²) in [4.78, 5) is 4.38. The number of hydrogen-bond acceptors (Lipinski definition) is 4. The molecule has 106 valence electrons. The maximum atomic E-state index is 5.38. The van der Waals surface area contributed by atoms with Gasteiger partial charge in [-0.1, -0.05) is 30.3 Å². The fraction of sp³-hybridized carbons (Fsp3) is 0.312. The summed E-state index contributed by atoms with van der Waals surface area (Å²) in [5.41, 5.74) is 2.37. The van der Waals surface area contributed by atoms with Crippen LogP contribution < -0.4 is 10.1 Å². The van der Waals surface area contributed by atoms with Crippen molar-refractivity contribution in [2.75, 3.05) is 19.0 Å². The number of rotatable bonds is 7. The van der Waals surface area contributed by atoms with Crippen LogP contribution in [0.25, 0.3) is 0 Å². The van der Waals surface area contributed by atoms with Gasteiger partial charge in [-0.05, 0) is 24.1 Å². The van der Waals surface area contributed by atoms with Gasteiger partial charge in [0.1, 0.15) is 5.82 Å². The molecule has 2 rings (SSSR count). The topological polar surface area (TPSA) is 43.4 Å². The summed E-state index contributed by atoms with van der Waals surface area (Å²) in [6.07, 6.45) is 0. The molecule has 2 aromatic rings. The molecule has 0 aliphatic carbocycles. The second kappa shape index (κ2) is 7.50. The van der Waals surface area contributed by atoms with Crippen molar-refractivity contribution in [1.82, 2.24) is 4.98 Å². The maximum Gasteiger partial charge on any atom is 0.215 e. The number of nitrogens with zero attached hydrogens (tertiary/aromatic N) is 1. The number of nitrogens with one attached hydrogen (secondary N) is 1. The van der Waals surface area contributed by atoms with Crippen molar-refractivity contribution < 1.29 is 9.47 Å². The first-order chi connectivity index (χ1) is 9.81. The Labute approximate surface area is 119 Å². The van der Waals surface area contributed by atoms with Crippen LogP contribution in [0.4, 0.5) is 5.82 Å². The van der Waals surface area contributed by atoms with Gasteiger partial charge in [-0.2, -0.15) is 4.98 Å². The van der Waals surface area contributed by atoms with E-state index in [9.17, 15) is 0 Å². The van der Waals surface area contributed by atoms with Gasteiger partial charge in [0.15, 0.2) is 0 Å². The average Bonchev–Trinajstić information content (AvgIpc) is 2.47. The molecule has 1 aromatic carbocycles.